The molecule has 0 atom stereocenters. The molecule has 0 saturated carbocycles. The van der Waals surface area contributed by atoms with Crippen LogP contribution in [0.1, 0.15) is 24.0 Å². The van der Waals surface area contributed by atoms with Crippen LogP contribution in [0.2, 0.25) is 0 Å². The van der Waals surface area contributed by atoms with Crippen LogP contribution in [-0.4, -0.2) is 43.6 Å². The summed E-state index contributed by atoms with van der Waals surface area (Å²) in [6.07, 6.45) is 2.71. The Bertz CT molecular complexity index is 849. The van der Waals surface area contributed by atoms with Gasteiger partial charge in [0.25, 0.3) is 0 Å². The first-order chi connectivity index (χ1) is 14.2. The van der Waals surface area contributed by atoms with E-state index in [1.165, 1.54) is 6.07 Å². The summed E-state index contributed by atoms with van der Waals surface area (Å²) in [7, 11) is 1.70. The van der Waals surface area contributed by atoms with Crippen LogP contribution < -0.4 is 16.0 Å². The van der Waals surface area contributed by atoms with Crippen molar-refractivity contribution >= 4 is 17.7 Å². The zero-order chi connectivity index (χ0) is 20.5. The van der Waals surface area contributed by atoms with Gasteiger partial charge in [0.05, 0.1) is 0 Å². The fourth-order valence-corrected chi connectivity index (χ4v) is 3.30. The largest absolute Gasteiger partial charge is 0.356 e. The third-order valence-corrected chi connectivity index (χ3v) is 4.90. The number of benzene rings is 2. The Morgan fingerprint density at radius 2 is 1.90 bits per heavy atom. The quantitative estimate of drug-likeness (QED) is 0.517. The summed E-state index contributed by atoms with van der Waals surface area (Å²) < 4.78 is 13.7. The summed E-state index contributed by atoms with van der Waals surface area (Å²) in [5.74, 6) is 0.456. The van der Waals surface area contributed by atoms with E-state index in [4.69, 9.17) is 0 Å². The number of urea groups is 1. The van der Waals surface area contributed by atoms with E-state index in [1.807, 2.05) is 35.2 Å². The van der Waals surface area contributed by atoms with Gasteiger partial charge in [-0.1, -0.05) is 30.3 Å². The van der Waals surface area contributed by atoms with Crippen LogP contribution in [0, 0.1) is 5.82 Å². The molecule has 29 heavy (non-hydrogen) atoms. The van der Waals surface area contributed by atoms with Gasteiger partial charge in [-0.15, -0.1) is 0 Å². The predicted octanol–water partition coefficient (Wildman–Crippen LogP) is 3.36. The highest BCUT2D eigenvalue weighted by atomic mass is 19.1. The van der Waals surface area contributed by atoms with Gasteiger partial charge in [0, 0.05) is 38.9 Å². The van der Waals surface area contributed by atoms with Crippen LogP contribution in [0.25, 0.3) is 0 Å². The smallest absolute Gasteiger partial charge is 0.321 e. The first-order valence-corrected chi connectivity index (χ1v) is 9.98. The molecule has 7 heteroatoms. The highest BCUT2D eigenvalue weighted by molar-refractivity contribution is 5.89. The fraction of sp³-hybridized carbons (Fsp3) is 0.364. The molecule has 0 unspecified atom stereocenters. The Morgan fingerprint density at radius 3 is 2.66 bits per heavy atom. The lowest BCUT2D eigenvalue weighted by Crippen LogP contribution is -2.38. The number of aliphatic imine (C=N–C) groups is 1. The maximum Gasteiger partial charge on any atom is 0.321 e. The van der Waals surface area contributed by atoms with Crippen molar-refractivity contribution in [3.05, 3.63) is 65.5 Å². The van der Waals surface area contributed by atoms with Crippen molar-refractivity contribution in [1.82, 2.24) is 15.5 Å². The monoisotopic (exact) mass is 397 g/mol. The van der Waals surface area contributed by atoms with Gasteiger partial charge in [-0.25, -0.2) is 9.18 Å². The summed E-state index contributed by atoms with van der Waals surface area (Å²) >= 11 is 0. The summed E-state index contributed by atoms with van der Waals surface area (Å²) in [4.78, 5) is 18.3. The van der Waals surface area contributed by atoms with E-state index < -0.39 is 0 Å². The number of rotatable bonds is 6. The van der Waals surface area contributed by atoms with Crippen molar-refractivity contribution in [3.8, 4) is 0 Å². The SMILES string of the molecule is CN=C(NCCc1ccccc1F)NCc1cccc(NC(=O)N2CCCC2)c1. The Balaban J connectivity index is 1.46. The highest BCUT2D eigenvalue weighted by Gasteiger charge is 2.17. The number of carbonyl (C=O) groups is 1. The molecule has 1 fully saturated rings. The summed E-state index contributed by atoms with van der Waals surface area (Å²) in [6, 6.07) is 14.5. The Kier molecular flexibility index (Phi) is 7.44. The molecule has 2 aromatic rings. The van der Waals surface area contributed by atoms with Crippen LogP contribution in [0.5, 0.6) is 0 Å². The molecule has 0 spiro atoms. The van der Waals surface area contributed by atoms with Crippen LogP contribution >= 0.6 is 0 Å². The molecular formula is C22H28FN5O. The van der Waals surface area contributed by atoms with Gasteiger partial charge in [-0.2, -0.15) is 0 Å². The van der Waals surface area contributed by atoms with E-state index in [0.717, 1.165) is 37.2 Å². The lowest BCUT2D eigenvalue weighted by atomic mass is 10.1. The molecule has 1 saturated heterocycles. The fourth-order valence-electron chi connectivity index (χ4n) is 3.30. The van der Waals surface area contributed by atoms with Crippen molar-refractivity contribution in [2.45, 2.75) is 25.8 Å². The van der Waals surface area contributed by atoms with E-state index in [0.29, 0.717) is 31.0 Å². The number of nitrogens with zero attached hydrogens (tertiary/aromatic N) is 2. The molecule has 2 aromatic carbocycles. The summed E-state index contributed by atoms with van der Waals surface area (Å²) in [5.41, 5.74) is 2.49. The van der Waals surface area contributed by atoms with Gasteiger partial charge in [-0.05, 0) is 48.6 Å². The second kappa shape index (κ2) is 10.5. The Morgan fingerprint density at radius 1 is 1.10 bits per heavy atom. The molecule has 154 valence electrons. The molecule has 2 amide bonds. The van der Waals surface area contributed by atoms with E-state index in [9.17, 15) is 9.18 Å². The number of guanidine groups is 1. The number of halogens is 1. The van der Waals surface area contributed by atoms with E-state index >= 15 is 0 Å². The molecule has 1 aliphatic rings. The standard InChI is InChI=1S/C22H28FN5O/c1-24-21(25-12-11-18-8-2-3-10-20(18)23)26-16-17-7-6-9-19(15-17)27-22(29)28-13-4-5-14-28/h2-3,6-10,15H,4-5,11-14,16H2,1H3,(H,27,29)(H2,24,25,26). The van der Waals surface area contributed by atoms with E-state index in [2.05, 4.69) is 20.9 Å². The lowest BCUT2D eigenvalue weighted by molar-refractivity contribution is 0.222. The van der Waals surface area contributed by atoms with Gasteiger partial charge < -0.3 is 20.9 Å². The average Bonchev–Trinajstić information content (AvgIpc) is 3.27. The number of likely N-dealkylation sites (tertiary alicyclic amines) is 1. The van der Waals surface area contributed by atoms with Gasteiger partial charge in [0.1, 0.15) is 5.82 Å². The van der Waals surface area contributed by atoms with Gasteiger partial charge >= 0.3 is 6.03 Å². The van der Waals surface area contributed by atoms with Crippen LogP contribution in [0.15, 0.2) is 53.5 Å². The second-order valence-electron chi connectivity index (χ2n) is 7.02. The molecule has 0 bridgehead atoms. The number of anilines is 1. The minimum atomic E-state index is -0.190. The summed E-state index contributed by atoms with van der Waals surface area (Å²) in [5, 5.41) is 9.40. The van der Waals surface area contributed by atoms with Crippen molar-refractivity contribution < 1.29 is 9.18 Å². The third-order valence-electron chi connectivity index (χ3n) is 4.90. The first-order valence-electron chi connectivity index (χ1n) is 9.98. The molecule has 1 heterocycles. The zero-order valence-electron chi connectivity index (χ0n) is 16.7. The molecule has 0 aliphatic carbocycles. The van der Waals surface area contributed by atoms with E-state index in [-0.39, 0.29) is 11.8 Å². The normalized spacial score (nSPS) is 14.0. The second-order valence-corrected chi connectivity index (χ2v) is 7.02. The number of amides is 2. The van der Waals surface area contributed by atoms with Gasteiger partial charge in [0.15, 0.2) is 5.96 Å². The van der Waals surface area contributed by atoms with Crippen molar-refractivity contribution in [2.24, 2.45) is 4.99 Å². The Labute approximate surface area is 171 Å². The predicted molar refractivity (Wildman–Crippen MR) is 115 cm³/mol. The molecule has 0 aromatic heterocycles. The van der Waals surface area contributed by atoms with Gasteiger partial charge in [0.2, 0.25) is 0 Å². The van der Waals surface area contributed by atoms with E-state index in [1.54, 1.807) is 19.2 Å². The number of carbonyl (C=O) groups excluding carboxylic acids is 1. The Hall–Kier alpha value is -3.09. The van der Waals surface area contributed by atoms with Crippen molar-refractivity contribution in [3.63, 3.8) is 0 Å². The number of nitrogens with one attached hydrogen (secondary N) is 3. The molecule has 6 nitrogen and oxygen atoms in total. The van der Waals surface area contributed by atoms with Crippen LogP contribution in [0.3, 0.4) is 0 Å². The molecular weight excluding hydrogens is 369 g/mol. The molecule has 0 radical (unpaired) electrons. The maximum absolute atomic E-state index is 13.7. The van der Waals surface area contributed by atoms with Crippen molar-refractivity contribution in [1.29, 1.82) is 0 Å². The minimum Gasteiger partial charge on any atom is -0.356 e. The first kappa shape index (κ1) is 20.6. The lowest BCUT2D eigenvalue weighted by Gasteiger charge is -2.17. The van der Waals surface area contributed by atoms with Crippen LogP contribution in [-0.2, 0) is 13.0 Å². The topological polar surface area (TPSA) is 68.8 Å². The third kappa shape index (κ3) is 6.20. The average molecular weight is 397 g/mol. The molecule has 3 N–H and O–H groups in total. The highest BCUT2D eigenvalue weighted by Crippen LogP contribution is 2.14. The molecule has 3 rings (SSSR count). The minimum absolute atomic E-state index is 0.0433. The molecule has 1 aliphatic heterocycles. The maximum atomic E-state index is 13.7. The number of hydrogen-bond donors (Lipinski definition) is 3. The zero-order valence-corrected chi connectivity index (χ0v) is 16.7. The number of hydrogen-bond acceptors (Lipinski definition) is 2. The van der Waals surface area contributed by atoms with Gasteiger partial charge in [-0.3, -0.25) is 4.99 Å². The van der Waals surface area contributed by atoms with Crippen molar-refractivity contribution in [2.75, 3.05) is 32.0 Å². The van der Waals surface area contributed by atoms with Crippen LogP contribution in [0.4, 0.5) is 14.9 Å². The summed E-state index contributed by atoms with van der Waals surface area (Å²) in [6.45, 7) is 2.78.